The van der Waals surface area contributed by atoms with Crippen LogP contribution < -0.4 is 14.4 Å². The van der Waals surface area contributed by atoms with E-state index in [4.69, 9.17) is 9.47 Å². The zero-order valence-corrected chi connectivity index (χ0v) is 19.6. The van der Waals surface area contributed by atoms with Crippen LogP contribution in [0.5, 0.6) is 5.75 Å². The molecule has 34 heavy (non-hydrogen) atoms. The molecule has 3 aromatic rings. The van der Waals surface area contributed by atoms with Crippen molar-refractivity contribution < 1.29 is 31.9 Å². The van der Waals surface area contributed by atoms with E-state index in [1.807, 2.05) is 0 Å². The first-order chi connectivity index (χ1) is 16.1. The number of anilines is 2. The fourth-order valence-electron chi connectivity index (χ4n) is 3.07. The molecule has 0 aliphatic carbocycles. The topological polar surface area (TPSA) is 102 Å². The Bertz CT molecular complexity index is 1310. The fourth-order valence-corrected chi connectivity index (χ4v) is 4.28. The molecule has 0 aliphatic rings. The number of nitrogens with one attached hydrogen (secondary N) is 1. The van der Waals surface area contributed by atoms with Gasteiger partial charge in [-0.3, -0.25) is 9.10 Å². The number of ether oxygens (including phenoxy) is 2. The summed E-state index contributed by atoms with van der Waals surface area (Å²) in [7, 11) is -1.09. The zero-order valence-electron chi connectivity index (χ0n) is 18.7. The molecule has 0 unspecified atom stereocenters. The van der Waals surface area contributed by atoms with Crippen molar-refractivity contribution in [3.63, 3.8) is 0 Å². The Hall–Kier alpha value is -3.92. The number of para-hydroxylation sites is 2. The summed E-state index contributed by atoms with van der Waals surface area (Å²) in [5, 5.41) is 2.47. The first-order valence-corrected chi connectivity index (χ1v) is 11.5. The molecule has 3 aromatic carbocycles. The van der Waals surface area contributed by atoms with Crippen molar-refractivity contribution in [2.45, 2.75) is 11.8 Å². The summed E-state index contributed by atoms with van der Waals surface area (Å²) < 4.78 is 50.6. The molecule has 1 N–H and O–H groups in total. The number of esters is 1. The van der Waals surface area contributed by atoms with E-state index >= 15 is 0 Å². The third-order valence-electron chi connectivity index (χ3n) is 4.98. The van der Waals surface area contributed by atoms with Crippen LogP contribution in [-0.4, -0.2) is 41.1 Å². The average molecular weight is 487 g/mol. The van der Waals surface area contributed by atoms with E-state index in [0.29, 0.717) is 17.0 Å². The smallest absolute Gasteiger partial charge is 0.338 e. The lowest BCUT2D eigenvalue weighted by molar-refractivity contribution is -0.119. The van der Waals surface area contributed by atoms with Crippen LogP contribution in [0.3, 0.4) is 0 Å². The molecule has 0 spiro atoms. The van der Waals surface area contributed by atoms with Gasteiger partial charge >= 0.3 is 5.97 Å². The van der Waals surface area contributed by atoms with Crippen molar-refractivity contribution in [1.82, 2.24) is 0 Å². The monoisotopic (exact) mass is 486 g/mol. The number of nitrogens with zero attached hydrogens (tertiary/aromatic N) is 1. The second-order valence-electron chi connectivity index (χ2n) is 7.25. The number of benzene rings is 3. The van der Waals surface area contributed by atoms with E-state index in [0.717, 1.165) is 10.4 Å². The summed E-state index contributed by atoms with van der Waals surface area (Å²) in [5.41, 5.74) is 1.34. The first-order valence-electron chi connectivity index (χ1n) is 10.1. The van der Waals surface area contributed by atoms with Crippen LogP contribution in [0.4, 0.5) is 15.8 Å². The Kier molecular flexibility index (Phi) is 7.52. The number of halogens is 1. The van der Waals surface area contributed by atoms with E-state index in [2.05, 4.69) is 5.32 Å². The van der Waals surface area contributed by atoms with Gasteiger partial charge in [0.1, 0.15) is 11.6 Å². The van der Waals surface area contributed by atoms with Crippen molar-refractivity contribution in [2.24, 2.45) is 0 Å². The van der Waals surface area contributed by atoms with Gasteiger partial charge in [0.2, 0.25) is 0 Å². The molecular weight excluding hydrogens is 463 g/mol. The van der Waals surface area contributed by atoms with Crippen molar-refractivity contribution >= 4 is 33.3 Å². The number of aryl methyl sites for hydroxylation is 1. The highest BCUT2D eigenvalue weighted by Crippen LogP contribution is 2.30. The Morgan fingerprint density at radius 2 is 1.71 bits per heavy atom. The van der Waals surface area contributed by atoms with Crippen molar-refractivity contribution in [3.05, 3.63) is 83.7 Å². The minimum atomic E-state index is -3.93. The third kappa shape index (κ3) is 5.52. The summed E-state index contributed by atoms with van der Waals surface area (Å²) in [4.78, 5) is 24.3. The molecule has 0 aromatic heterocycles. The molecule has 0 bridgehead atoms. The number of amides is 1. The summed E-state index contributed by atoms with van der Waals surface area (Å²) >= 11 is 0. The van der Waals surface area contributed by atoms with Gasteiger partial charge in [0.15, 0.2) is 6.61 Å². The van der Waals surface area contributed by atoms with Gasteiger partial charge in [-0.25, -0.2) is 17.6 Å². The van der Waals surface area contributed by atoms with E-state index < -0.39 is 34.3 Å². The van der Waals surface area contributed by atoms with Crippen molar-refractivity contribution in [1.29, 1.82) is 0 Å². The molecule has 0 atom stereocenters. The Morgan fingerprint density at radius 3 is 2.38 bits per heavy atom. The number of carbonyl (C=O) groups excluding carboxylic acids is 2. The van der Waals surface area contributed by atoms with Gasteiger partial charge in [0, 0.05) is 12.7 Å². The van der Waals surface area contributed by atoms with Crippen LogP contribution in [0.1, 0.15) is 15.9 Å². The molecule has 0 saturated carbocycles. The lowest BCUT2D eigenvalue weighted by Gasteiger charge is -2.21. The molecular formula is C24H23FN2O6S. The van der Waals surface area contributed by atoms with Crippen LogP contribution in [0.15, 0.2) is 71.6 Å². The molecule has 0 heterocycles. The summed E-state index contributed by atoms with van der Waals surface area (Å²) in [6, 6.07) is 15.7. The summed E-state index contributed by atoms with van der Waals surface area (Å²) in [6.45, 7) is 1.10. The standard InChI is InChI=1S/C24H23FN2O6S/c1-16-8-11-18(25)14-20(16)26-23(28)15-33-24(29)17-9-12-19(13-10-17)34(30,31)27(2)21-6-4-5-7-22(21)32-3/h4-14H,15H2,1-3H3,(H,26,28). The quantitative estimate of drug-likeness (QED) is 0.487. The van der Waals surface area contributed by atoms with E-state index in [1.165, 1.54) is 50.6 Å². The van der Waals surface area contributed by atoms with Crippen LogP contribution in [0, 0.1) is 12.7 Å². The van der Waals surface area contributed by atoms with Gasteiger partial charge in [0.05, 0.1) is 23.3 Å². The van der Waals surface area contributed by atoms with Gasteiger partial charge in [-0.05, 0) is 61.0 Å². The van der Waals surface area contributed by atoms with Crippen molar-refractivity contribution in [2.75, 3.05) is 30.4 Å². The molecule has 0 fully saturated rings. The Morgan fingerprint density at radius 1 is 1.03 bits per heavy atom. The van der Waals surface area contributed by atoms with Gasteiger partial charge < -0.3 is 14.8 Å². The molecule has 1 amide bonds. The van der Waals surface area contributed by atoms with Crippen LogP contribution in [-0.2, 0) is 19.6 Å². The maximum atomic E-state index is 13.3. The molecule has 178 valence electrons. The SMILES string of the molecule is COc1ccccc1N(C)S(=O)(=O)c1ccc(C(=O)OCC(=O)Nc2cc(F)ccc2C)cc1. The molecule has 8 nitrogen and oxygen atoms in total. The highest BCUT2D eigenvalue weighted by Gasteiger charge is 2.24. The number of hydrogen-bond acceptors (Lipinski definition) is 6. The van der Waals surface area contributed by atoms with Crippen molar-refractivity contribution in [3.8, 4) is 5.75 Å². The predicted molar refractivity (Wildman–Crippen MR) is 125 cm³/mol. The molecule has 3 rings (SSSR count). The lowest BCUT2D eigenvalue weighted by atomic mass is 10.2. The fraction of sp³-hybridized carbons (Fsp3) is 0.167. The number of sulfonamides is 1. The van der Waals surface area contributed by atoms with Crippen LogP contribution in [0.2, 0.25) is 0 Å². The highest BCUT2D eigenvalue weighted by atomic mass is 32.2. The lowest BCUT2D eigenvalue weighted by Crippen LogP contribution is -2.27. The second-order valence-corrected chi connectivity index (χ2v) is 9.22. The van der Waals surface area contributed by atoms with Gasteiger partial charge in [0.25, 0.3) is 15.9 Å². The second kappa shape index (κ2) is 10.3. The number of methoxy groups -OCH3 is 1. The average Bonchev–Trinajstić information content (AvgIpc) is 2.84. The van der Waals surface area contributed by atoms with Gasteiger partial charge in [-0.15, -0.1) is 0 Å². The van der Waals surface area contributed by atoms with Gasteiger partial charge in [-0.2, -0.15) is 0 Å². The minimum absolute atomic E-state index is 0.0446. The molecule has 10 heteroatoms. The number of hydrogen-bond donors (Lipinski definition) is 1. The highest BCUT2D eigenvalue weighted by molar-refractivity contribution is 7.92. The maximum absolute atomic E-state index is 13.3. The molecule has 0 radical (unpaired) electrons. The van der Waals surface area contributed by atoms with E-state index in [-0.39, 0.29) is 16.1 Å². The summed E-state index contributed by atoms with van der Waals surface area (Å²) in [6.07, 6.45) is 0. The molecule has 0 aliphatic heterocycles. The predicted octanol–water partition coefficient (Wildman–Crippen LogP) is 3.76. The maximum Gasteiger partial charge on any atom is 0.338 e. The van der Waals surface area contributed by atoms with Crippen LogP contribution in [0.25, 0.3) is 0 Å². The number of carbonyl (C=O) groups is 2. The van der Waals surface area contributed by atoms with Gasteiger partial charge in [-0.1, -0.05) is 18.2 Å². The zero-order chi connectivity index (χ0) is 24.9. The summed E-state index contributed by atoms with van der Waals surface area (Å²) in [5.74, 6) is -1.57. The first kappa shape index (κ1) is 24.7. The van der Waals surface area contributed by atoms with Crippen LogP contribution >= 0.6 is 0 Å². The minimum Gasteiger partial charge on any atom is -0.495 e. The number of rotatable bonds is 8. The van der Waals surface area contributed by atoms with E-state index in [9.17, 15) is 22.4 Å². The normalized spacial score (nSPS) is 10.9. The molecule has 0 saturated heterocycles. The largest absolute Gasteiger partial charge is 0.495 e. The van der Waals surface area contributed by atoms with E-state index in [1.54, 1.807) is 31.2 Å². The Balaban J connectivity index is 1.65. The third-order valence-corrected chi connectivity index (χ3v) is 6.77. The Labute approximate surface area is 197 Å².